The number of ether oxygens (including phenoxy) is 2. The molecular formula is C17H24O4. The number of hydrogen-bond acceptors (Lipinski definition) is 4. The van der Waals surface area contributed by atoms with E-state index in [0.29, 0.717) is 12.2 Å². The lowest BCUT2D eigenvalue weighted by molar-refractivity contribution is -0.140. The summed E-state index contributed by atoms with van der Waals surface area (Å²) in [5.41, 5.74) is 0.597. The number of rotatable bonds is 9. The van der Waals surface area contributed by atoms with Gasteiger partial charge in [-0.15, -0.1) is 0 Å². The van der Waals surface area contributed by atoms with E-state index in [1.807, 2.05) is 43.3 Å². The summed E-state index contributed by atoms with van der Waals surface area (Å²) in [5, 5.41) is 8.86. The molecule has 1 N–H and O–H groups in total. The maximum absolute atomic E-state index is 11.6. The largest absolute Gasteiger partial charge is 0.494 e. The molecule has 0 aromatic heterocycles. The Morgan fingerprint density at radius 1 is 1.33 bits per heavy atom. The Morgan fingerprint density at radius 3 is 2.71 bits per heavy atom. The van der Waals surface area contributed by atoms with Gasteiger partial charge >= 0.3 is 5.97 Å². The van der Waals surface area contributed by atoms with E-state index in [0.717, 1.165) is 18.6 Å². The lowest BCUT2D eigenvalue weighted by Crippen LogP contribution is -2.15. The second kappa shape index (κ2) is 10.00. The van der Waals surface area contributed by atoms with E-state index in [2.05, 4.69) is 0 Å². The molecule has 0 spiro atoms. The third-order valence-corrected chi connectivity index (χ3v) is 2.94. The van der Waals surface area contributed by atoms with Crippen LogP contribution in [0.1, 0.15) is 26.7 Å². The van der Waals surface area contributed by atoms with Crippen LogP contribution in [-0.4, -0.2) is 30.9 Å². The quantitative estimate of drug-likeness (QED) is 0.432. The minimum atomic E-state index is -0.320. The lowest BCUT2D eigenvalue weighted by atomic mass is 10.2. The minimum absolute atomic E-state index is 0.0207. The number of allylic oxidation sites excluding steroid dienone is 1. The number of unbranched alkanes of at least 4 members (excludes halogenated alkanes) is 1. The Bertz CT molecular complexity index is 439. The monoisotopic (exact) mass is 292 g/mol. The van der Waals surface area contributed by atoms with Gasteiger partial charge in [0.05, 0.1) is 13.2 Å². The van der Waals surface area contributed by atoms with Gasteiger partial charge in [0.15, 0.2) is 0 Å². The van der Waals surface area contributed by atoms with E-state index in [4.69, 9.17) is 14.6 Å². The van der Waals surface area contributed by atoms with Gasteiger partial charge in [-0.3, -0.25) is 0 Å². The van der Waals surface area contributed by atoms with Crippen molar-refractivity contribution in [2.24, 2.45) is 5.92 Å². The SMILES string of the molecule is CC(=CCCCOc1ccccc1)C(=O)OCC(C)CO. The molecule has 4 heteroatoms. The van der Waals surface area contributed by atoms with Gasteiger partial charge in [0, 0.05) is 18.1 Å². The Kier molecular flexibility index (Phi) is 8.21. The van der Waals surface area contributed by atoms with Crippen molar-refractivity contribution in [3.05, 3.63) is 42.0 Å². The van der Waals surface area contributed by atoms with Crippen LogP contribution in [0.15, 0.2) is 42.0 Å². The van der Waals surface area contributed by atoms with Crippen molar-refractivity contribution in [1.82, 2.24) is 0 Å². The summed E-state index contributed by atoms with van der Waals surface area (Å²) in [6, 6.07) is 9.65. The Labute approximate surface area is 126 Å². The van der Waals surface area contributed by atoms with Gasteiger partial charge < -0.3 is 14.6 Å². The summed E-state index contributed by atoms with van der Waals surface area (Å²) in [6.45, 7) is 4.45. The molecule has 116 valence electrons. The average Bonchev–Trinajstić information content (AvgIpc) is 2.52. The van der Waals surface area contributed by atoms with Crippen molar-refractivity contribution in [3.63, 3.8) is 0 Å². The van der Waals surface area contributed by atoms with Crippen LogP contribution in [0.2, 0.25) is 0 Å². The zero-order valence-electron chi connectivity index (χ0n) is 12.7. The minimum Gasteiger partial charge on any atom is -0.494 e. The molecule has 0 amide bonds. The summed E-state index contributed by atoms with van der Waals surface area (Å²) < 4.78 is 10.7. The molecule has 1 atom stereocenters. The van der Waals surface area contributed by atoms with E-state index in [9.17, 15) is 4.79 Å². The predicted octanol–water partition coefficient (Wildman–Crippen LogP) is 2.96. The topological polar surface area (TPSA) is 55.8 Å². The van der Waals surface area contributed by atoms with E-state index in [1.165, 1.54) is 0 Å². The number of benzene rings is 1. The first-order valence-electron chi connectivity index (χ1n) is 7.26. The molecule has 0 aliphatic heterocycles. The second-order valence-corrected chi connectivity index (χ2v) is 5.08. The third kappa shape index (κ3) is 7.51. The molecule has 0 bridgehead atoms. The molecule has 0 radical (unpaired) electrons. The zero-order valence-corrected chi connectivity index (χ0v) is 12.7. The van der Waals surface area contributed by atoms with Gasteiger partial charge in [-0.2, -0.15) is 0 Å². The van der Waals surface area contributed by atoms with Gasteiger partial charge in [0.2, 0.25) is 0 Å². The molecule has 1 aromatic rings. The van der Waals surface area contributed by atoms with Crippen LogP contribution in [0.5, 0.6) is 5.75 Å². The normalized spacial score (nSPS) is 12.8. The highest BCUT2D eigenvalue weighted by atomic mass is 16.5. The first kappa shape index (κ1) is 17.2. The molecule has 0 aliphatic rings. The maximum atomic E-state index is 11.6. The molecule has 21 heavy (non-hydrogen) atoms. The molecule has 0 saturated carbocycles. The van der Waals surface area contributed by atoms with Crippen LogP contribution in [0.25, 0.3) is 0 Å². The molecule has 0 fully saturated rings. The lowest BCUT2D eigenvalue weighted by Gasteiger charge is -2.09. The average molecular weight is 292 g/mol. The van der Waals surface area contributed by atoms with Crippen LogP contribution in [-0.2, 0) is 9.53 Å². The second-order valence-electron chi connectivity index (χ2n) is 5.08. The van der Waals surface area contributed by atoms with Crippen molar-refractivity contribution < 1.29 is 19.4 Å². The third-order valence-electron chi connectivity index (χ3n) is 2.94. The Morgan fingerprint density at radius 2 is 2.05 bits per heavy atom. The first-order chi connectivity index (χ1) is 10.1. The summed E-state index contributed by atoms with van der Waals surface area (Å²) in [5.74, 6) is 0.510. The first-order valence-corrected chi connectivity index (χ1v) is 7.26. The molecule has 0 heterocycles. The van der Waals surface area contributed by atoms with Crippen LogP contribution >= 0.6 is 0 Å². The maximum Gasteiger partial charge on any atom is 0.333 e. The molecule has 4 nitrogen and oxygen atoms in total. The number of aliphatic hydroxyl groups is 1. The number of carbonyl (C=O) groups is 1. The summed E-state index contributed by atoms with van der Waals surface area (Å²) >= 11 is 0. The summed E-state index contributed by atoms with van der Waals surface area (Å²) in [4.78, 5) is 11.6. The van der Waals surface area contributed by atoms with Gasteiger partial charge in [0.1, 0.15) is 5.75 Å². The number of carbonyl (C=O) groups excluding carboxylic acids is 1. The van der Waals surface area contributed by atoms with Crippen molar-refractivity contribution in [2.45, 2.75) is 26.7 Å². The van der Waals surface area contributed by atoms with Crippen molar-refractivity contribution in [3.8, 4) is 5.75 Å². The number of hydrogen-bond donors (Lipinski definition) is 1. The molecule has 0 saturated heterocycles. The fourth-order valence-electron chi connectivity index (χ4n) is 1.58. The number of para-hydroxylation sites is 1. The van der Waals surface area contributed by atoms with E-state index >= 15 is 0 Å². The zero-order chi connectivity index (χ0) is 15.5. The van der Waals surface area contributed by atoms with Crippen LogP contribution in [0, 0.1) is 5.92 Å². The summed E-state index contributed by atoms with van der Waals surface area (Å²) in [7, 11) is 0. The Balaban J connectivity index is 2.18. The fourth-order valence-corrected chi connectivity index (χ4v) is 1.58. The van der Waals surface area contributed by atoms with Gasteiger partial charge in [-0.25, -0.2) is 4.79 Å². The van der Waals surface area contributed by atoms with Crippen molar-refractivity contribution >= 4 is 5.97 Å². The van der Waals surface area contributed by atoms with Crippen LogP contribution in [0.4, 0.5) is 0 Å². The van der Waals surface area contributed by atoms with Crippen molar-refractivity contribution in [2.75, 3.05) is 19.8 Å². The highest BCUT2D eigenvalue weighted by Gasteiger charge is 2.08. The molecule has 1 rings (SSSR count). The number of esters is 1. The number of aliphatic hydroxyl groups excluding tert-OH is 1. The fraction of sp³-hybridized carbons (Fsp3) is 0.471. The molecule has 1 aromatic carbocycles. The standard InChI is InChI=1S/C17H24O4/c1-14(12-18)13-21-17(19)15(2)8-6-7-11-20-16-9-4-3-5-10-16/h3-5,8-10,14,18H,6-7,11-13H2,1-2H3. The van der Waals surface area contributed by atoms with Gasteiger partial charge in [-0.1, -0.05) is 31.2 Å². The highest BCUT2D eigenvalue weighted by molar-refractivity contribution is 5.87. The smallest absolute Gasteiger partial charge is 0.333 e. The van der Waals surface area contributed by atoms with Gasteiger partial charge in [-0.05, 0) is 31.9 Å². The van der Waals surface area contributed by atoms with Crippen LogP contribution in [0.3, 0.4) is 0 Å². The van der Waals surface area contributed by atoms with E-state index in [1.54, 1.807) is 6.92 Å². The molecule has 0 aliphatic carbocycles. The molecular weight excluding hydrogens is 268 g/mol. The van der Waals surface area contributed by atoms with E-state index in [-0.39, 0.29) is 25.1 Å². The summed E-state index contributed by atoms with van der Waals surface area (Å²) in [6.07, 6.45) is 3.47. The molecule has 1 unspecified atom stereocenters. The Hall–Kier alpha value is -1.81. The predicted molar refractivity (Wildman–Crippen MR) is 82.1 cm³/mol. The highest BCUT2D eigenvalue weighted by Crippen LogP contribution is 2.09. The van der Waals surface area contributed by atoms with E-state index < -0.39 is 0 Å². The van der Waals surface area contributed by atoms with Crippen LogP contribution < -0.4 is 4.74 Å². The van der Waals surface area contributed by atoms with Gasteiger partial charge in [0.25, 0.3) is 0 Å². The van der Waals surface area contributed by atoms with Crippen molar-refractivity contribution in [1.29, 1.82) is 0 Å².